The van der Waals surface area contributed by atoms with E-state index in [0.29, 0.717) is 6.61 Å². The Labute approximate surface area is 169 Å². The van der Waals surface area contributed by atoms with E-state index in [-0.39, 0.29) is 0 Å². The summed E-state index contributed by atoms with van der Waals surface area (Å²) in [5.74, 6) is 0.875. The molecule has 0 atom stereocenters. The minimum atomic E-state index is 0.670. The number of hydrogen-bond acceptors (Lipinski definition) is 3. The summed E-state index contributed by atoms with van der Waals surface area (Å²) >= 11 is 7.73. The summed E-state index contributed by atoms with van der Waals surface area (Å²) in [7, 11) is 0. The van der Waals surface area contributed by atoms with Crippen molar-refractivity contribution in [3.8, 4) is 17.0 Å². The fourth-order valence-electron chi connectivity index (χ4n) is 2.90. The van der Waals surface area contributed by atoms with Gasteiger partial charge in [-0.25, -0.2) is 4.99 Å². The zero-order chi connectivity index (χ0) is 19.1. The Morgan fingerprint density at radius 2 is 1.74 bits per heavy atom. The van der Waals surface area contributed by atoms with E-state index in [9.17, 15) is 0 Å². The van der Waals surface area contributed by atoms with Crippen LogP contribution in [0.3, 0.4) is 0 Å². The van der Waals surface area contributed by atoms with Crippen molar-refractivity contribution < 1.29 is 4.74 Å². The van der Waals surface area contributed by atoms with Crippen LogP contribution in [-0.4, -0.2) is 11.2 Å². The topological polar surface area (TPSA) is 26.5 Å². The molecule has 0 spiro atoms. The van der Waals surface area contributed by atoms with Crippen molar-refractivity contribution in [3.05, 3.63) is 63.7 Å². The van der Waals surface area contributed by atoms with Gasteiger partial charge in [0, 0.05) is 16.9 Å². The first-order chi connectivity index (χ1) is 13.2. The number of nitrogens with zero attached hydrogens (tertiary/aromatic N) is 2. The van der Waals surface area contributed by atoms with Crippen molar-refractivity contribution in [2.75, 3.05) is 6.61 Å². The molecular formula is C22H25ClN2OS. The van der Waals surface area contributed by atoms with E-state index >= 15 is 0 Å². The Morgan fingerprint density at radius 1 is 1.00 bits per heavy atom. The molecule has 0 aliphatic heterocycles. The molecule has 3 aromatic rings. The molecule has 142 valence electrons. The quantitative estimate of drug-likeness (QED) is 0.387. The van der Waals surface area contributed by atoms with E-state index in [1.54, 1.807) is 11.3 Å². The molecule has 0 amide bonds. The Kier molecular flexibility index (Phi) is 7.13. The van der Waals surface area contributed by atoms with E-state index in [4.69, 9.17) is 21.3 Å². The molecule has 0 saturated carbocycles. The van der Waals surface area contributed by atoms with Crippen LogP contribution in [0, 0.1) is 0 Å². The molecule has 5 heteroatoms. The zero-order valence-corrected chi connectivity index (χ0v) is 17.4. The van der Waals surface area contributed by atoms with Gasteiger partial charge < -0.3 is 9.30 Å². The first kappa shape index (κ1) is 19.7. The van der Waals surface area contributed by atoms with Crippen molar-refractivity contribution in [2.24, 2.45) is 4.99 Å². The number of rotatable bonds is 8. The summed E-state index contributed by atoms with van der Waals surface area (Å²) in [4.78, 5) is 5.90. The normalized spacial score (nSPS) is 11.7. The summed E-state index contributed by atoms with van der Waals surface area (Å²) in [6.45, 7) is 5.85. The van der Waals surface area contributed by atoms with Crippen LogP contribution >= 0.6 is 22.9 Å². The lowest BCUT2D eigenvalue weighted by Gasteiger charge is -2.09. The van der Waals surface area contributed by atoms with Gasteiger partial charge in [0.2, 0.25) is 0 Å². The molecule has 0 fully saturated rings. The van der Waals surface area contributed by atoms with Gasteiger partial charge in [-0.1, -0.05) is 43.5 Å². The minimum absolute atomic E-state index is 0.670. The molecule has 1 heterocycles. The van der Waals surface area contributed by atoms with Crippen LogP contribution in [0.5, 0.6) is 5.75 Å². The first-order valence-corrected chi connectivity index (χ1v) is 10.7. The van der Waals surface area contributed by atoms with Crippen molar-refractivity contribution >= 4 is 28.6 Å². The maximum atomic E-state index is 6.06. The standard InChI is InChI=1S/C22H25ClN2OS/c1-3-5-6-15-25-21(17-7-9-18(23)10-8-17)16-27-22(25)24-19-11-13-20(14-12-19)26-4-2/h7-14,16H,3-6,15H2,1-2H3. The van der Waals surface area contributed by atoms with Crippen LogP contribution in [-0.2, 0) is 6.54 Å². The van der Waals surface area contributed by atoms with Gasteiger partial charge in [0.15, 0.2) is 4.80 Å². The second-order valence-corrected chi connectivity index (χ2v) is 7.58. The monoisotopic (exact) mass is 400 g/mol. The van der Waals surface area contributed by atoms with Gasteiger partial charge in [0.1, 0.15) is 5.75 Å². The smallest absolute Gasteiger partial charge is 0.190 e. The molecule has 0 N–H and O–H groups in total. The van der Waals surface area contributed by atoms with Crippen molar-refractivity contribution in [2.45, 2.75) is 39.7 Å². The first-order valence-electron chi connectivity index (χ1n) is 9.43. The molecule has 27 heavy (non-hydrogen) atoms. The van der Waals surface area contributed by atoms with Crippen LogP contribution in [0.25, 0.3) is 11.3 Å². The number of thiazole rings is 1. The third-order valence-electron chi connectivity index (χ3n) is 4.30. The Morgan fingerprint density at radius 3 is 2.41 bits per heavy atom. The van der Waals surface area contributed by atoms with Gasteiger partial charge >= 0.3 is 0 Å². The average Bonchev–Trinajstić information content (AvgIpc) is 3.07. The lowest BCUT2D eigenvalue weighted by Crippen LogP contribution is -2.16. The van der Waals surface area contributed by atoms with Gasteiger partial charge in [0.25, 0.3) is 0 Å². The van der Waals surface area contributed by atoms with Gasteiger partial charge in [-0.05, 0) is 55.3 Å². The van der Waals surface area contributed by atoms with E-state index in [1.165, 1.54) is 24.1 Å². The molecule has 0 saturated heterocycles. The van der Waals surface area contributed by atoms with E-state index in [2.05, 4.69) is 29.0 Å². The maximum absolute atomic E-state index is 6.06. The summed E-state index contributed by atoms with van der Waals surface area (Å²) < 4.78 is 7.84. The summed E-state index contributed by atoms with van der Waals surface area (Å²) in [5.41, 5.74) is 3.30. The van der Waals surface area contributed by atoms with Crippen molar-refractivity contribution in [1.29, 1.82) is 0 Å². The van der Waals surface area contributed by atoms with Crippen LogP contribution < -0.4 is 9.54 Å². The second-order valence-electron chi connectivity index (χ2n) is 6.31. The highest BCUT2D eigenvalue weighted by molar-refractivity contribution is 7.07. The van der Waals surface area contributed by atoms with Crippen LogP contribution in [0.2, 0.25) is 5.02 Å². The van der Waals surface area contributed by atoms with Gasteiger partial charge in [-0.3, -0.25) is 0 Å². The molecular weight excluding hydrogens is 376 g/mol. The molecule has 0 unspecified atom stereocenters. The molecule has 1 aromatic heterocycles. The van der Waals surface area contributed by atoms with E-state index in [0.717, 1.165) is 34.2 Å². The van der Waals surface area contributed by atoms with Crippen LogP contribution in [0.1, 0.15) is 33.1 Å². The van der Waals surface area contributed by atoms with E-state index in [1.807, 2.05) is 43.3 Å². The molecule has 3 rings (SSSR count). The molecule has 0 radical (unpaired) electrons. The number of hydrogen-bond donors (Lipinski definition) is 0. The van der Waals surface area contributed by atoms with Crippen LogP contribution in [0.4, 0.5) is 5.69 Å². The molecule has 3 nitrogen and oxygen atoms in total. The highest BCUT2D eigenvalue weighted by atomic mass is 35.5. The van der Waals surface area contributed by atoms with Gasteiger partial charge in [-0.15, -0.1) is 11.3 Å². The Bertz CT molecular complexity index is 911. The molecule has 0 bridgehead atoms. The Hall–Kier alpha value is -2.04. The lowest BCUT2D eigenvalue weighted by atomic mass is 10.1. The fraction of sp³-hybridized carbons (Fsp3) is 0.318. The SMILES string of the molecule is CCCCCn1c(-c2ccc(Cl)cc2)csc1=Nc1ccc(OCC)cc1. The molecule has 0 aliphatic carbocycles. The minimum Gasteiger partial charge on any atom is -0.494 e. The second kappa shape index (κ2) is 9.77. The van der Waals surface area contributed by atoms with Gasteiger partial charge in [0.05, 0.1) is 18.0 Å². The van der Waals surface area contributed by atoms with Crippen molar-refractivity contribution in [1.82, 2.24) is 4.57 Å². The average molecular weight is 401 g/mol. The maximum Gasteiger partial charge on any atom is 0.190 e. The number of aromatic nitrogens is 1. The third kappa shape index (κ3) is 5.24. The largest absolute Gasteiger partial charge is 0.494 e. The van der Waals surface area contributed by atoms with E-state index < -0.39 is 0 Å². The predicted octanol–water partition coefficient (Wildman–Crippen LogP) is 6.69. The predicted molar refractivity (Wildman–Crippen MR) is 115 cm³/mol. The highest BCUT2D eigenvalue weighted by Crippen LogP contribution is 2.24. The zero-order valence-electron chi connectivity index (χ0n) is 15.8. The Balaban J connectivity index is 1.97. The number of benzene rings is 2. The van der Waals surface area contributed by atoms with Crippen molar-refractivity contribution in [3.63, 3.8) is 0 Å². The number of halogens is 1. The lowest BCUT2D eigenvalue weighted by molar-refractivity contribution is 0.340. The number of unbranched alkanes of at least 4 members (excludes halogenated alkanes) is 2. The fourth-order valence-corrected chi connectivity index (χ4v) is 3.98. The van der Waals surface area contributed by atoms with Crippen LogP contribution in [0.15, 0.2) is 58.9 Å². The summed E-state index contributed by atoms with van der Waals surface area (Å²) in [6.07, 6.45) is 3.56. The molecule has 0 aliphatic rings. The summed E-state index contributed by atoms with van der Waals surface area (Å²) in [6, 6.07) is 16.0. The van der Waals surface area contributed by atoms with Gasteiger partial charge in [-0.2, -0.15) is 0 Å². The summed E-state index contributed by atoms with van der Waals surface area (Å²) in [5, 5.41) is 2.94. The molecule has 2 aromatic carbocycles. The third-order valence-corrected chi connectivity index (χ3v) is 5.41. The highest BCUT2D eigenvalue weighted by Gasteiger charge is 2.08. The number of ether oxygens (including phenoxy) is 1.